The monoisotopic (exact) mass is 303 g/mol. The SMILES string of the molecule is O=S(=O)(Nc1cc(F)c(F)c(F)c1)c1ccc(O)cc1. The fourth-order valence-corrected chi connectivity index (χ4v) is 2.49. The van der Waals surface area contributed by atoms with Crippen LogP contribution in [0.4, 0.5) is 18.9 Å². The van der Waals surface area contributed by atoms with E-state index < -0.39 is 33.2 Å². The predicted octanol–water partition coefficient (Wildman–Crippen LogP) is 2.61. The molecule has 0 fully saturated rings. The number of anilines is 1. The smallest absolute Gasteiger partial charge is 0.261 e. The Morgan fingerprint density at radius 3 is 1.95 bits per heavy atom. The van der Waals surface area contributed by atoms with Gasteiger partial charge in [0.15, 0.2) is 17.5 Å². The van der Waals surface area contributed by atoms with Crippen molar-refractivity contribution in [1.82, 2.24) is 0 Å². The number of phenolic OH excluding ortho intramolecular Hbond substituents is 1. The number of sulfonamides is 1. The van der Waals surface area contributed by atoms with Gasteiger partial charge in [-0.3, -0.25) is 4.72 Å². The second kappa shape index (κ2) is 5.04. The number of benzene rings is 2. The van der Waals surface area contributed by atoms with Gasteiger partial charge in [0.05, 0.1) is 10.6 Å². The summed E-state index contributed by atoms with van der Waals surface area (Å²) in [4.78, 5) is -0.222. The van der Waals surface area contributed by atoms with Crippen molar-refractivity contribution in [2.75, 3.05) is 4.72 Å². The molecule has 0 bridgehead atoms. The second-order valence-electron chi connectivity index (χ2n) is 3.85. The van der Waals surface area contributed by atoms with Gasteiger partial charge in [-0.2, -0.15) is 0 Å². The minimum absolute atomic E-state index is 0.136. The molecule has 20 heavy (non-hydrogen) atoms. The van der Waals surface area contributed by atoms with E-state index in [1.54, 1.807) is 0 Å². The predicted molar refractivity (Wildman–Crippen MR) is 65.2 cm³/mol. The summed E-state index contributed by atoms with van der Waals surface area (Å²) < 4.78 is 64.4. The lowest BCUT2D eigenvalue weighted by atomic mass is 10.3. The molecule has 0 heterocycles. The lowest BCUT2D eigenvalue weighted by Crippen LogP contribution is -2.13. The van der Waals surface area contributed by atoms with Gasteiger partial charge in [-0.1, -0.05) is 0 Å². The Hall–Kier alpha value is -2.22. The molecule has 2 rings (SSSR count). The molecule has 4 nitrogen and oxygen atoms in total. The van der Waals surface area contributed by atoms with E-state index in [2.05, 4.69) is 0 Å². The van der Waals surface area contributed by atoms with E-state index in [0.29, 0.717) is 12.1 Å². The molecule has 0 radical (unpaired) electrons. The Balaban J connectivity index is 2.36. The molecule has 2 aromatic carbocycles. The molecule has 0 unspecified atom stereocenters. The molecule has 0 saturated carbocycles. The number of rotatable bonds is 3. The number of hydrogen-bond donors (Lipinski definition) is 2. The van der Waals surface area contributed by atoms with Crippen LogP contribution in [0.15, 0.2) is 41.3 Å². The van der Waals surface area contributed by atoms with Crippen LogP contribution in [0.25, 0.3) is 0 Å². The van der Waals surface area contributed by atoms with Crippen LogP contribution in [0.3, 0.4) is 0 Å². The maximum atomic E-state index is 13.0. The molecular formula is C12H8F3NO3S. The summed E-state index contributed by atoms with van der Waals surface area (Å²) in [7, 11) is -4.09. The van der Waals surface area contributed by atoms with Crippen molar-refractivity contribution in [2.45, 2.75) is 4.90 Å². The number of phenols is 1. The van der Waals surface area contributed by atoms with Gasteiger partial charge < -0.3 is 5.11 Å². The first-order valence-electron chi connectivity index (χ1n) is 5.26. The van der Waals surface area contributed by atoms with Crippen LogP contribution < -0.4 is 4.72 Å². The van der Waals surface area contributed by atoms with Crippen molar-refractivity contribution in [3.63, 3.8) is 0 Å². The minimum atomic E-state index is -4.09. The molecule has 8 heteroatoms. The summed E-state index contributed by atoms with van der Waals surface area (Å²) in [5.74, 6) is -4.83. The number of halogens is 3. The second-order valence-corrected chi connectivity index (χ2v) is 5.54. The van der Waals surface area contributed by atoms with Gasteiger partial charge in [0.25, 0.3) is 10.0 Å². The van der Waals surface area contributed by atoms with E-state index in [9.17, 15) is 21.6 Å². The van der Waals surface area contributed by atoms with E-state index in [0.717, 1.165) is 24.3 Å². The first-order chi connectivity index (χ1) is 9.29. The van der Waals surface area contributed by atoms with E-state index >= 15 is 0 Å². The van der Waals surface area contributed by atoms with Crippen LogP contribution in [0.1, 0.15) is 0 Å². The first kappa shape index (κ1) is 14.2. The van der Waals surface area contributed by atoms with Crippen LogP contribution in [0, 0.1) is 17.5 Å². The van der Waals surface area contributed by atoms with Crippen molar-refractivity contribution in [3.05, 3.63) is 53.8 Å². The molecule has 0 atom stereocenters. The zero-order valence-electron chi connectivity index (χ0n) is 9.77. The molecule has 0 saturated heterocycles. The fraction of sp³-hybridized carbons (Fsp3) is 0. The van der Waals surface area contributed by atoms with E-state index in [1.165, 1.54) is 0 Å². The number of nitrogens with one attached hydrogen (secondary N) is 1. The van der Waals surface area contributed by atoms with Crippen LogP contribution in [0.2, 0.25) is 0 Å². The highest BCUT2D eigenvalue weighted by molar-refractivity contribution is 7.92. The average molecular weight is 303 g/mol. The molecule has 0 aliphatic carbocycles. The van der Waals surface area contributed by atoms with Gasteiger partial charge in [-0.25, -0.2) is 21.6 Å². The Kier molecular flexibility index (Phi) is 3.58. The fourth-order valence-electron chi connectivity index (χ4n) is 1.45. The maximum absolute atomic E-state index is 13.0. The molecule has 2 aromatic rings. The summed E-state index contributed by atoms with van der Waals surface area (Å²) in [6.07, 6.45) is 0. The Morgan fingerprint density at radius 1 is 0.950 bits per heavy atom. The standard InChI is InChI=1S/C12H8F3NO3S/c13-10-5-7(6-11(14)12(10)15)16-20(18,19)9-3-1-8(17)2-4-9/h1-6,16-17H. The van der Waals surface area contributed by atoms with Crippen molar-refractivity contribution in [3.8, 4) is 5.75 Å². The third-order valence-corrected chi connectivity index (χ3v) is 3.78. The van der Waals surface area contributed by atoms with Crippen LogP contribution in [-0.2, 0) is 10.0 Å². The third-order valence-electron chi connectivity index (χ3n) is 2.38. The Labute approximate surface area is 112 Å². The molecule has 0 aromatic heterocycles. The van der Waals surface area contributed by atoms with Crippen LogP contribution in [-0.4, -0.2) is 13.5 Å². The normalized spacial score (nSPS) is 11.3. The summed E-state index contributed by atoms with van der Waals surface area (Å²) >= 11 is 0. The van der Waals surface area contributed by atoms with Gasteiger partial charge in [0.1, 0.15) is 5.75 Å². The summed E-state index contributed by atoms with van der Waals surface area (Å²) in [5, 5.41) is 9.06. The van der Waals surface area contributed by atoms with E-state index in [1.807, 2.05) is 4.72 Å². The molecule has 0 aliphatic heterocycles. The average Bonchev–Trinajstić information content (AvgIpc) is 2.36. The van der Waals surface area contributed by atoms with Gasteiger partial charge in [-0.05, 0) is 24.3 Å². The van der Waals surface area contributed by atoms with Crippen LogP contribution >= 0.6 is 0 Å². The lowest BCUT2D eigenvalue weighted by molar-refractivity contribution is 0.448. The summed E-state index contributed by atoms with van der Waals surface area (Å²) in [5.41, 5.74) is -0.450. The van der Waals surface area contributed by atoms with Gasteiger partial charge in [-0.15, -0.1) is 0 Å². The molecule has 0 amide bonds. The molecular weight excluding hydrogens is 295 g/mol. The number of hydrogen-bond acceptors (Lipinski definition) is 3. The van der Waals surface area contributed by atoms with Crippen molar-refractivity contribution >= 4 is 15.7 Å². The van der Waals surface area contributed by atoms with Crippen molar-refractivity contribution in [2.24, 2.45) is 0 Å². The molecule has 2 N–H and O–H groups in total. The van der Waals surface area contributed by atoms with Crippen molar-refractivity contribution < 1.29 is 26.7 Å². The highest BCUT2D eigenvalue weighted by atomic mass is 32.2. The highest BCUT2D eigenvalue weighted by Crippen LogP contribution is 2.21. The highest BCUT2D eigenvalue weighted by Gasteiger charge is 2.17. The third kappa shape index (κ3) is 2.85. The molecule has 0 aliphatic rings. The topological polar surface area (TPSA) is 66.4 Å². The summed E-state index contributed by atoms with van der Waals surface area (Å²) in [6, 6.07) is 5.54. The number of aromatic hydroxyl groups is 1. The lowest BCUT2D eigenvalue weighted by Gasteiger charge is -2.08. The molecule has 0 spiro atoms. The van der Waals surface area contributed by atoms with Crippen LogP contribution in [0.5, 0.6) is 5.75 Å². The molecule has 106 valence electrons. The van der Waals surface area contributed by atoms with Crippen molar-refractivity contribution in [1.29, 1.82) is 0 Å². The first-order valence-corrected chi connectivity index (χ1v) is 6.74. The van der Waals surface area contributed by atoms with Gasteiger partial charge in [0, 0.05) is 12.1 Å². The Bertz CT molecular complexity index is 722. The van der Waals surface area contributed by atoms with E-state index in [4.69, 9.17) is 5.11 Å². The van der Waals surface area contributed by atoms with Gasteiger partial charge in [0.2, 0.25) is 0 Å². The van der Waals surface area contributed by atoms with Gasteiger partial charge >= 0.3 is 0 Å². The maximum Gasteiger partial charge on any atom is 0.261 e. The van der Waals surface area contributed by atoms with E-state index in [-0.39, 0.29) is 10.6 Å². The zero-order valence-corrected chi connectivity index (χ0v) is 10.6. The zero-order chi connectivity index (χ0) is 14.9. The largest absolute Gasteiger partial charge is 0.508 e. The minimum Gasteiger partial charge on any atom is -0.508 e. The Morgan fingerprint density at radius 2 is 1.45 bits per heavy atom. The summed E-state index contributed by atoms with van der Waals surface area (Å²) in [6.45, 7) is 0. The quantitative estimate of drug-likeness (QED) is 0.857.